The number of nitro benzene ring substituents is 1. The molecule has 5 aromatic rings. The quantitative estimate of drug-likeness (QED) is 0.219. The van der Waals surface area contributed by atoms with E-state index >= 15 is 0 Å². The number of benzene rings is 3. The van der Waals surface area contributed by atoms with Crippen molar-refractivity contribution in [1.29, 1.82) is 0 Å². The fourth-order valence-electron chi connectivity index (χ4n) is 5.09. The molecule has 3 aromatic carbocycles. The lowest BCUT2D eigenvalue weighted by atomic mass is 9.90. The number of hydrogen-bond acceptors (Lipinski definition) is 6. The van der Waals surface area contributed by atoms with Gasteiger partial charge in [-0.05, 0) is 55.0 Å². The van der Waals surface area contributed by atoms with Gasteiger partial charge in [0.2, 0.25) is 5.95 Å². The maximum Gasteiger partial charge on any atom is 0.280 e. The second-order valence-corrected chi connectivity index (χ2v) is 9.59. The van der Waals surface area contributed by atoms with Crippen molar-refractivity contribution in [2.75, 3.05) is 18.0 Å². The lowest BCUT2D eigenvalue weighted by Gasteiger charge is -2.33. The fraction of sp³-hybridized carbons (Fsp3) is 0.222. The van der Waals surface area contributed by atoms with Crippen LogP contribution in [0.5, 0.6) is 0 Å². The minimum Gasteiger partial charge on any atom is -0.342 e. The third kappa shape index (κ3) is 4.03. The number of para-hydroxylation sites is 1. The molecule has 8 nitrogen and oxygen atoms in total. The standard InChI is InChI=1S/C27H23ClN6O2/c28-20-10-11-21-23(17-20)29-27(32-14-12-19(13-15-32)16-18-6-2-1-3-7-18)33-25(21)30-31-26(33)22-8-4-5-9-24(22)34(35)36/h1-11,17,19H,12-16H2. The molecule has 0 N–H and O–H groups in total. The first-order valence-corrected chi connectivity index (χ1v) is 12.3. The van der Waals surface area contributed by atoms with Crippen LogP contribution >= 0.6 is 11.6 Å². The van der Waals surface area contributed by atoms with Gasteiger partial charge in [-0.25, -0.2) is 9.38 Å². The number of nitro groups is 1. The number of aromatic nitrogens is 4. The molecule has 1 aliphatic heterocycles. The predicted molar refractivity (Wildman–Crippen MR) is 140 cm³/mol. The molecule has 9 heteroatoms. The molecular formula is C27H23ClN6O2. The lowest BCUT2D eigenvalue weighted by Crippen LogP contribution is -2.36. The zero-order valence-corrected chi connectivity index (χ0v) is 20.2. The highest BCUT2D eigenvalue weighted by atomic mass is 35.5. The summed E-state index contributed by atoms with van der Waals surface area (Å²) in [6, 6.07) is 22.7. The molecule has 0 amide bonds. The number of anilines is 1. The topological polar surface area (TPSA) is 89.5 Å². The molecule has 1 fully saturated rings. The number of halogens is 1. The van der Waals surface area contributed by atoms with Crippen molar-refractivity contribution in [3.63, 3.8) is 0 Å². The van der Waals surface area contributed by atoms with Crippen LogP contribution in [0.15, 0.2) is 72.8 Å². The van der Waals surface area contributed by atoms with Crippen molar-refractivity contribution in [3.8, 4) is 11.4 Å². The van der Waals surface area contributed by atoms with E-state index in [4.69, 9.17) is 16.6 Å². The highest BCUT2D eigenvalue weighted by molar-refractivity contribution is 6.31. The SMILES string of the molecule is O=[N+]([O-])c1ccccc1-c1nnc2c3ccc(Cl)cc3nc(N3CCC(Cc4ccccc4)CC3)n12. The van der Waals surface area contributed by atoms with Gasteiger partial charge in [0.25, 0.3) is 5.69 Å². The van der Waals surface area contributed by atoms with Crippen molar-refractivity contribution in [2.24, 2.45) is 5.92 Å². The summed E-state index contributed by atoms with van der Waals surface area (Å²) in [6.07, 6.45) is 3.10. The van der Waals surface area contributed by atoms with Crippen LogP contribution in [-0.4, -0.2) is 37.6 Å². The summed E-state index contributed by atoms with van der Waals surface area (Å²) in [4.78, 5) is 18.6. The van der Waals surface area contributed by atoms with Crippen molar-refractivity contribution in [3.05, 3.63) is 93.5 Å². The molecule has 2 aromatic heterocycles. The predicted octanol–water partition coefficient (Wildman–Crippen LogP) is 5.97. The number of rotatable bonds is 5. The van der Waals surface area contributed by atoms with E-state index in [1.807, 2.05) is 22.6 Å². The molecule has 1 aliphatic rings. The van der Waals surface area contributed by atoms with Gasteiger partial charge in [-0.15, -0.1) is 10.2 Å². The lowest BCUT2D eigenvalue weighted by molar-refractivity contribution is -0.384. The number of fused-ring (bicyclic) bond motifs is 3. The Morgan fingerprint density at radius 1 is 0.972 bits per heavy atom. The van der Waals surface area contributed by atoms with Gasteiger partial charge in [0.1, 0.15) is 0 Å². The molecule has 6 rings (SSSR count). The monoisotopic (exact) mass is 498 g/mol. The zero-order chi connectivity index (χ0) is 24.6. The minimum atomic E-state index is -0.389. The van der Waals surface area contributed by atoms with Gasteiger partial charge in [-0.2, -0.15) is 0 Å². The summed E-state index contributed by atoms with van der Waals surface area (Å²) in [5.74, 6) is 1.67. The van der Waals surface area contributed by atoms with Gasteiger partial charge in [0.05, 0.1) is 16.0 Å². The maximum absolute atomic E-state index is 11.8. The van der Waals surface area contributed by atoms with Crippen molar-refractivity contribution < 1.29 is 4.92 Å². The first kappa shape index (κ1) is 22.4. The fourth-order valence-corrected chi connectivity index (χ4v) is 5.25. The van der Waals surface area contributed by atoms with Crippen molar-refractivity contribution >= 4 is 39.8 Å². The molecule has 36 heavy (non-hydrogen) atoms. The Kier molecular flexibility index (Phi) is 5.73. The second-order valence-electron chi connectivity index (χ2n) is 9.15. The van der Waals surface area contributed by atoms with Gasteiger partial charge < -0.3 is 4.90 Å². The third-order valence-electron chi connectivity index (χ3n) is 6.89. The van der Waals surface area contributed by atoms with Gasteiger partial charge >= 0.3 is 0 Å². The Balaban J connectivity index is 1.44. The van der Waals surface area contributed by atoms with Crippen LogP contribution in [0.1, 0.15) is 18.4 Å². The Morgan fingerprint density at radius 2 is 1.72 bits per heavy atom. The first-order chi connectivity index (χ1) is 17.6. The van der Waals surface area contributed by atoms with Gasteiger partial charge in [-0.3, -0.25) is 10.1 Å². The minimum absolute atomic E-state index is 0.0180. The zero-order valence-electron chi connectivity index (χ0n) is 19.4. The highest BCUT2D eigenvalue weighted by Crippen LogP contribution is 2.35. The Bertz CT molecular complexity index is 1580. The van der Waals surface area contributed by atoms with E-state index in [9.17, 15) is 10.1 Å². The smallest absolute Gasteiger partial charge is 0.280 e. The molecule has 0 atom stereocenters. The summed E-state index contributed by atoms with van der Waals surface area (Å²) < 4.78 is 1.86. The molecule has 180 valence electrons. The van der Waals surface area contributed by atoms with E-state index in [0.717, 1.165) is 43.3 Å². The maximum atomic E-state index is 11.8. The number of hydrogen-bond donors (Lipinski definition) is 0. The van der Waals surface area contributed by atoms with Crippen LogP contribution < -0.4 is 4.90 Å². The van der Waals surface area contributed by atoms with Crippen LogP contribution in [0.2, 0.25) is 5.02 Å². The molecule has 0 bridgehead atoms. The summed E-state index contributed by atoms with van der Waals surface area (Å²) in [7, 11) is 0. The number of piperidine rings is 1. The van der Waals surface area contributed by atoms with E-state index in [0.29, 0.717) is 33.9 Å². The summed E-state index contributed by atoms with van der Waals surface area (Å²) >= 11 is 6.29. The Labute approximate surface area is 212 Å². The largest absolute Gasteiger partial charge is 0.342 e. The molecule has 0 unspecified atom stereocenters. The molecular weight excluding hydrogens is 476 g/mol. The Hall–Kier alpha value is -4.04. The average molecular weight is 499 g/mol. The molecule has 3 heterocycles. The van der Waals surface area contributed by atoms with E-state index in [1.54, 1.807) is 24.3 Å². The highest BCUT2D eigenvalue weighted by Gasteiger charge is 2.27. The first-order valence-electron chi connectivity index (χ1n) is 12.0. The van der Waals surface area contributed by atoms with Gasteiger partial charge in [-0.1, -0.05) is 54.1 Å². The average Bonchev–Trinajstić information content (AvgIpc) is 3.34. The van der Waals surface area contributed by atoms with E-state index < -0.39 is 0 Å². The molecule has 0 saturated carbocycles. The molecule has 0 spiro atoms. The van der Waals surface area contributed by atoms with E-state index in [1.165, 1.54) is 11.6 Å². The van der Waals surface area contributed by atoms with Crippen LogP contribution in [-0.2, 0) is 6.42 Å². The van der Waals surface area contributed by atoms with Gasteiger partial charge in [0, 0.05) is 29.6 Å². The number of nitrogens with zero attached hydrogens (tertiary/aromatic N) is 6. The van der Waals surface area contributed by atoms with Crippen molar-refractivity contribution in [1.82, 2.24) is 19.6 Å². The molecule has 1 saturated heterocycles. The van der Waals surface area contributed by atoms with Crippen LogP contribution in [0.3, 0.4) is 0 Å². The molecule has 0 radical (unpaired) electrons. The van der Waals surface area contributed by atoms with E-state index in [-0.39, 0.29) is 10.6 Å². The third-order valence-corrected chi connectivity index (χ3v) is 7.13. The van der Waals surface area contributed by atoms with Gasteiger partial charge in [0.15, 0.2) is 11.5 Å². The van der Waals surface area contributed by atoms with Crippen LogP contribution in [0, 0.1) is 16.0 Å². The summed E-state index contributed by atoms with van der Waals surface area (Å²) in [5, 5.41) is 22.0. The second kappa shape index (κ2) is 9.20. The summed E-state index contributed by atoms with van der Waals surface area (Å²) in [5.41, 5.74) is 3.07. The Morgan fingerprint density at radius 3 is 2.50 bits per heavy atom. The molecule has 0 aliphatic carbocycles. The van der Waals surface area contributed by atoms with E-state index in [2.05, 4.69) is 39.4 Å². The van der Waals surface area contributed by atoms with Crippen LogP contribution in [0.4, 0.5) is 11.6 Å². The van der Waals surface area contributed by atoms with Crippen molar-refractivity contribution in [2.45, 2.75) is 19.3 Å². The summed E-state index contributed by atoms with van der Waals surface area (Å²) in [6.45, 7) is 1.64. The normalized spacial score (nSPS) is 14.5. The van der Waals surface area contributed by atoms with Crippen LogP contribution in [0.25, 0.3) is 27.9 Å².